The number of halogens is 1. The van der Waals surface area contributed by atoms with Gasteiger partial charge in [-0.3, -0.25) is 4.79 Å². The Labute approximate surface area is 70.4 Å². The van der Waals surface area contributed by atoms with Gasteiger partial charge in [0.25, 0.3) is 0 Å². The highest BCUT2D eigenvalue weighted by Crippen LogP contribution is 2.13. The maximum Gasteiger partial charge on any atom is 0.243 e. The highest BCUT2D eigenvalue weighted by Gasteiger charge is 2.19. The zero-order chi connectivity index (χ0) is 8.97. The van der Waals surface area contributed by atoms with E-state index in [1.807, 2.05) is 0 Å². The summed E-state index contributed by atoms with van der Waals surface area (Å²) in [5.74, 6) is -0.474. The van der Waals surface area contributed by atoms with Crippen LogP contribution in [0.3, 0.4) is 0 Å². The van der Waals surface area contributed by atoms with Crippen LogP contribution in [0, 0.1) is 0 Å². The molecule has 1 saturated heterocycles. The van der Waals surface area contributed by atoms with Gasteiger partial charge in [-0.05, 0) is 12.8 Å². The van der Waals surface area contributed by atoms with Crippen molar-refractivity contribution in [3.05, 3.63) is 0 Å². The number of rotatable bonds is 3. The normalized spacial score (nSPS) is 21.1. The number of carbonyl (C=O) groups is 1. The largest absolute Gasteiger partial charge is 0.368 e. The minimum absolute atomic E-state index is 0.00972. The zero-order valence-corrected chi connectivity index (χ0v) is 6.83. The van der Waals surface area contributed by atoms with Crippen LogP contribution in [-0.2, 0) is 9.53 Å². The van der Waals surface area contributed by atoms with Crippen LogP contribution in [-0.4, -0.2) is 36.8 Å². The summed E-state index contributed by atoms with van der Waals surface area (Å²) < 4.78 is 17.6. The van der Waals surface area contributed by atoms with Crippen molar-refractivity contribution in [3.8, 4) is 0 Å². The van der Waals surface area contributed by atoms with E-state index in [-0.39, 0.29) is 12.7 Å². The summed E-state index contributed by atoms with van der Waals surface area (Å²) in [5.41, 5.74) is 4.89. The van der Waals surface area contributed by atoms with E-state index in [1.165, 1.54) is 0 Å². The molecule has 70 valence electrons. The van der Waals surface area contributed by atoms with Crippen molar-refractivity contribution in [2.45, 2.75) is 18.9 Å². The van der Waals surface area contributed by atoms with Crippen LogP contribution in [0.15, 0.2) is 0 Å². The van der Waals surface area contributed by atoms with Crippen LogP contribution in [0.1, 0.15) is 12.8 Å². The van der Waals surface area contributed by atoms with Gasteiger partial charge in [-0.25, -0.2) is 0 Å². The van der Waals surface area contributed by atoms with E-state index in [1.54, 1.807) is 0 Å². The summed E-state index contributed by atoms with van der Waals surface area (Å²) in [6.45, 7) is 0.698. The summed E-state index contributed by atoms with van der Waals surface area (Å²) in [7, 11) is 0. The molecule has 0 saturated carbocycles. The minimum atomic E-state index is -0.474. The second-order valence-corrected chi connectivity index (χ2v) is 2.89. The van der Waals surface area contributed by atoms with E-state index in [4.69, 9.17) is 10.5 Å². The van der Waals surface area contributed by atoms with Gasteiger partial charge in [0.2, 0.25) is 5.91 Å². The van der Waals surface area contributed by atoms with Gasteiger partial charge < -0.3 is 10.5 Å². The lowest BCUT2D eigenvalue weighted by molar-refractivity contribution is -0.127. The molecule has 12 heavy (non-hydrogen) atoms. The third kappa shape index (κ3) is 3.15. The quantitative estimate of drug-likeness (QED) is 0.608. The van der Waals surface area contributed by atoms with Gasteiger partial charge in [0.15, 0.2) is 0 Å². The number of nitrogens with two attached hydrogens (primary N) is 1. The molecule has 1 aliphatic heterocycles. The lowest BCUT2D eigenvalue weighted by atomic mass is 10.1. The lowest BCUT2D eigenvalue weighted by Crippen LogP contribution is -2.33. The number of hydrogen-bond donors (Lipinski definition) is 1. The third-order valence-electron chi connectivity index (χ3n) is 1.85. The number of primary amides is 1. The van der Waals surface area contributed by atoms with Crippen LogP contribution >= 0.6 is 0 Å². The Morgan fingerprint density at radius 1 is 1.58 bits per heavy atom. The molecule has 1 aliphatic rings. The van der Waals surface area contributed by atoms with Crippen molar-refractivity contribution in [2.75, 3.05) is 19.7 Å². The van der Waals surface area contributed by atoms with Crippen LogP contribution in [0.2, 0.25) is 0 Å². The molecule has 1 fully saturated rings. The second-order valence-electron chi connectivity index (χ2n) is 2.89. The van der Waals surface area contributed by atoms with Crippen LogP contribution < -0.4 is 5.73 Å². The average Bonchev–Trinajstić information content (AvgIpc) is 2.03. The molecule has 0 aromatic heterocycles. The molecule has 0 aromatic carbocycles. The van der Waals surface area contributed by atoms with E-state index >= 15 is 0 Å². The number of amides is 1. The minimum Gasteiger partial charge on any atom is -0.368 e. The highest BCUT2D eigenvalue weighted by molar-refractivity contribution is 5.74. The maximum atomic E-state index is 12.4. The molecule has 5 heteroatoms. The molecule has 0 radical (unpaired) electrons. The van der Waals surface area contributed by atoms with Crippen molar-refractivity contribution < 1.29 is 14.0 Å². The number of carbonyl (C=O) groups excluding carboxylic acids is 1. The number of hydrogen-bond acceptors (Lipinski definition) is 3. The fourth-order valence-electron chi connectivity index (χ4n) is 1.19. The van der Waals surface area contributed by atoms with E-state index < -0.39 is 5.91 Å². The van der Waals surface area contributed by atoms with E-state index in [0.29, 0.717) is 25.9 Å². The molecular formula is C7H13FN2O2. The van der Waals surface area contributed by atoms with Gasteiger partial charge in [0.05, 0.1) is 6.10 Å². The second kappa shape index (κ2) is 4.37. The Balaban J connectivity index is 2.13. The molecule has 0 aromatic rings. The Bertz CT molecular complexity index is 157. The maximum absolute atomic E-state index is 12.4. The smallest absolute Gasteiger partial charge is 0.243 e. The van der Waals surface area contributed by atoms with Crippen LogP contribution in [0.4, 0.5) is 4.48 Å². The summed E-state index contributed by atoms with van der Waals surface area (Å²) in [4.78, 5) is 10.3. The predicted octanol–water partition coefficient (Wildman–Crippen LogP) is -0.163. The third-order valence-corrected chi connectivity index (χ3v) is 1.85. The molecule has 2 N–H and O–H groups in total. The average molecular weight is 176 g/mol. The Morgan fingerprint density at radius 3 is 2.67 bits per heavy atom. The molecule has 0 spiro atoms. The summed E-state index contributed by atoms with van der Waals surface area (Å²) in [6.07, 6.45) is 1.25. The van der Waals surface area contributed by atoms with Crippen molar-refractivity contribution in [2.24, 2.45) is 5.73 Å². The molecule has 0 atom stereocenters. The zero-order valence-electron chi connectivity index (χ0n) is 6.83. The van der Waals surface area contributed by atoms with E-state index in [0.717, 1.165) is 5.12 Å². The monoisotopic (exact) mass is 176 g/mol. The topological polar surface area (TPSA) is 55.6 Å². The number of piperidine rings is 1. The van der Waals surface area contributed by atoms with Gasteiger partial charge in [-0.2, -0.15) is 0 Å². The SMILES string of the molecule is NC(=O)COC1CCN(F)CC1. The number of nitrogens with zero attached hydrogens (tertiary/aromatic N) is 1. The first kappa shape index (κ1) is 9.41. The fraction of sp³-hybridized carbons (Fsp3) is 0.857. The van der Waals surface area contributed by atoms with Crippen molar-refractivity contribution in [3.63, 3.8) is 0 Å². The lowest BCUT2D eigenvalue weighted by Gasteiger charge is -2.25. The van der Waals surface area contributed by atoms with Gasteiger partial charge in [0, 0.05) is 13.1 Å². The molecule has 0 bridgehead atoms. The molecule has 1 rings (SSSR count). The predicted molar refractivity (Wildman–Crippen MR) is 40.8 cm³/mol. The van der Waals surface area contributed by atoms with Gasteiger partial charge >= 0.3 is 0 Å². The highest BCUT2D eigenvalue weighted by atomic mass is 19.2. The van der Waals surface area contributed by atoms with E-state index in [2.05, 4.69) is 0 Å². The van der Waals surface area contributed by atoms with Crippen molar-refractivity contribution >= 4 is 5.91 Å². The Morgan fingerprint density at radius 2 is 2.17 bits per heavy atom. The molecule has 0 unspecified atom stereocenters. The van der Waals surface area contributed by atoms with Crippen LogP contribution in [0.5, 0.6) is 0 Å². The van der Waals surface area contributed by atoms with Gasteiger partial charge in [0.1, 0.15) is 6.61 Å². The Hall–Kier alpha value is -0.680. The summed E-state index contributed by atoms with van der Waals surface area (Å²) in [6, 6.07) is 0. The molecule has 1 amide bonds. The first-order valence-corrected chi connectivity index (χ1v) is 3.99. The summed E-state index contributed by atoms with van der Waals surface area (Å²) >= 11 is 0. The first-order valence-electron chi connectivity index (χ1n) is 3.99. The fourth-order valence-corrected chi connectivity index (χ4v) is 1.19. The van der Waals surface area contributed by atoms with Crippen molar-refractivity contribution in [1.82, 2.24) is 5.12 Å². The molecule has 0 aliphatic carbocycles. The number of ether oxygens (including phenoxy) is 1. The van der Waals surface area contributed by atoms with Crippen molar-refractivity contribution in [1.29, 1.82) is 0 Å². The molecule has 1 heterocycles. The first-order chi connectivity index (χ1) is 5.68. The standard InChI is InChI=1S/C7H13FN2O2/c8-10-3-1-6(2-4-10)12-5-7(9)11/h6H,1-5H2,(H2,9,11). The van der Waals surface area contributed by atoms with Gasteiger partial charge in [-0.1, -0.05) is 0 Å². The van der Waals surface area contributed by atoms with Gasteiger partial charge in [-0.15, -0.1) is 9.60 Å². The summed E-state index contributed by atoms with van der Waals surface area (Å²) in [5, 5.41) is 0.754. The molecular weight excluding hydrogens is 163 g/mol. The Kier molecular flexibility index (Phi) is 3.43. The van der Waals surface area contributed by atoms with Crippen LogP contribution in [0.25, 0.3) is 0 Å². The molecule has 4 nitrogen and oxygen atoms in total. The van der Waals surface area contributed by atoms with E-state index in [9.17, 15) is 9.28 Å².